The average molecular weight is 547 g/mol. The van der Waals surface area contributed by atoms with E-state index < -0.39 is 28.4 Å². The van der Waals surface area contributed by atoms with Crippen molar-refractivity contribution in [3.63, 3.8) is 0 Å². The second-order valence-corrected chi connectivity index (χ2v) is 10.6. The molecule has 2 aliphatic rings. The highest BCUT2D eigenvalue weighted by atomic mass is 35.5. The SMILES string of the molecule is O=C(N1CCCc2nc(C3(c4cncc(-c5ccccc5)c4)CC3)[nH]c(=O)c2C1)C(F)(F)c1cccc(Cl)c1. The van der Waals surface area contributed by atoms with E-state index in [4.69, 9.17) is 16.6 Å². The minimum Gasteiger partial charge on any atom is -0.333 e. The van der Waals surface area contributed by atoms with Crippen LogP contribution in [0.3, 0.4) is 0 Å². The summed E-state index contributed by atoms with van der Waals surface area (Å²) < 4.78 is 30.3. The Morgan fingerprint density at radius 1 is 1.03 bits per heavy atom. The third kappa shape index (κ3) is 4.63. The molecule has 1 N–H and O–H groups in total. The standard InChI is InChI=1S/C30H25ClF2N4O2/c31-23-9-4-8-21(15-23)30(32,33)28(39)37-13-5-10-25-24(18-37)26(38)36-27(35-25)29(11-12-29)22-14-20(16-34-17-22)19-6-2-1-3-7-19/h1-4,6-9,14-17H,5,10-13,18H2,(H,35,36,38). The Labute approximate surface area is 228 Å². The molecule has 2 aromatic heterocycles. The predicted molar refractivity (Wildman–Crippen MR) is 144 cm³/mol. The van der Waals surface area contributed by atoms with Crippen LogP contribution in [0.5, 0.6) is 0 Å². The van der Waals surface area contributed by atoms with Crippen molar-refractivity contribution in [2.75, 3.05) is 6.54 Å². The zero-order valence-corrected chi connectivity index (χ0v) is 21.7. The summed E-state index contributed by atoms with van der Waals surface area (Å²) in [5.41, 5.74) is 2.46. The van der Waals surface area contributed by atoms with E-state index in [0.717, 1.165) is 40.5 Å². The number of aryl methyl sites for hydroxylation is 1. The highest BCUT2D eigenvalue weighted by Crippen LogP contribution is 2.52. The van der Waals surface area contributed by atoms with Crippen LogP contribution in [-0.4, -0.2) is 32.3 Å². The number of carbonyl (C=O) groups excluding carboxylic acids is 1. The Morgan fingerprint density at radius 2 is 1.82 bits per heavy atom. The lowest BCUT2D eigenvalue weighted by Crippen LogP contribution is -2.42. The summed E-state index contributed by atoms with van der Waals surface area (Å²) in [5, 5.41) is 0.118. The molecule has 39 heavy (non-hydrogen) atoms. The van der Waals surface area contributed by atoms with Crippen LogP contribution in [0.25, 0.3) is 11.1 Å². The van der Waals surface area contributed by atoms with Gasteiger partial charge in [0.1, 0.15) is 5.82 Å². The minimum atomic E-state index is -3.77. The van der Waals surface area contributed by atoms with Crippen LogP contribution in [0.2, 0.25) is 5.02 Å². The Kier molecular flexibility index (Phi) is 6.30. The lowest BCUT2D eigenvalue weighted by molar-refractivity contribution is -0.159. The van der Waals surface area contributed by atoms with Gasteiger partial charge in [-0.3, -0.25) is 14.6 Å². The predicted octanol–water partition coefficient (Wildman–Crippen LogP) is 5.63. The molecule has 6 nitrogen and oxygen atoms in total. The van der Waals surface area contributed by atoms with Crippen LogP contribution in [0.1, 0.15) is 47.5 Å². The molecule has 6 rings (SSSR count). The Hall–Kier alpha value is -3.91. The molecule has 9 heteroatoms. The molecule has 0 spiro atoms. The van der Waals surface area contributed by atoms with Crippen molar-refractivity contribution < 1.29 is 13.6 Å². The molecule has 2 aromatic carbocycles. The second-order valence-electron chi connectivity index (χ2n) is 10.2. The molecule has 0 bridgehead atoms. The summed E-state index contributed by atoms with van der Waals surface area (Å²) in [6, 6.07) is 17.1. The van der Waals surface area contributed by atoms with Gasteiger partial charge >= 0.3 is 5.92 Å². The van der Waals surface area contributed by atoms with Crippen molar-refractivity contribution in [3.8, 4) is 11.1 Å². The fourth-order valence-electron chi connectivity index (χ4n) is 5.30. The summed E-state index contributed by atoms with van der Waals surface area (Å²) in [5.74, 6) is -4.57. The number of carbonyl (C=O) groups is 1. The summed E-state index contributed by atoms with van der Waals surface area (Å²) in [6.45, 7) is -0.140. The molecular weight excluding hydrogens is 522 g/mol. The summed E-state index contributed by atoms with van der Waals surface area (Å²) in [7, 11) is 0. The molecule has 0 saturated heterocycles. The number of nitrogens with zero attached hydrogens (tertiary/aromatic N) is 3. The number of rotatable bonds is 5. The van der Waals surface area contributed by atoms with Gasteiger partial charge < -0.3 is 9.88 Å². The maximum Gasteiger partial charge on any atom is 0.350 e. The maximum absolute atomic E-state index is 15.1. The lowest BCUT2D eigenvalue weighted by Gasteiger charge is -2.26. The molecular formula is C30H25ClF2N4O2. The molecule has 0 unspecified atom stereocenters. The van der Waals surface area contributed by atoms with E-state index in [2.05, 4.69) is 16.0 Å². The fraction of sp³-hybridized carbons (Fsp3) is 0.267. The van der Waals surface area contributed by atoms with Crippen LogP contribution in [0.15, 0.2) is 77.9 Å². The van der Waals surface area contributed by atoms with E-state index in [1.165, 1.54) is 18.2 Å². The monoisotopic (exact) mass is 546 g/mol. The first-order chi connectivity index (χ1) is 18.8. The number of amides is 1. The van der Waals surface area contributed by atoms with Crippen LogP contribution in [0.4, 0.5) is 8.78 Å². The van der Waals surface area contributed by atoms with Gasteiger partial charge in [0, 0.05) is 35.1 Å². The number of alkyl halides is 2. The van der Waals surface area contributed by atoms with Gasteiger partial charge in [-0.25, -0.2) is 4.98 Å². The Morgan fingerprint density at radius 3 is 2.56 bits per heavy atom. The molecule has 1 saturated carbocycles. The normalized spacial score (nSPS) is 16.3. The number of aromatic amines is 1. The maximum atomic E-state index is 15.1. The van der Waals surface area contributed by atoms with E-state index in [-0.39, 0.29) is 23.7 Å². The summed E-state index contributed by atoms with van der Waals surface area (Å²) in [6.07, 6.45) is 6.07. The zero-order chi connectivity index (χ0) is 27.2. The lowest BCUT2D eigenvalue weighted by atomic mass is 9.93. The fourth-order valence-corrected chi connectivity index (χ4v) is 5.49. The number of pyridine rings is 1. The van der Waals surface area contributed by atoms with E-state index in [1.54, 1.807) is 0 Å². The number of halogens is 3. The molecule has 0 atom stereocenters. The van der Waals surface area contributed by atoms with Crippen LogP contribution < -0.4 is 5.56 Å². The minimum absolute atomic E-state index is 0.0916. The topological polar surface area (TPSA) is 79.0 Å². The Bertz CT molecular complexity index is 1620. The molecule has 4 aromatic rings. The number of benzene rings is 2. The van der Waals surface area contributed by atoms with Crippen molar-refractivity contribution in [3.05, 3.63) is 117 Å². The van der Waals surface area contributed by atoms with Crippen LogP contribution in [-0.2, 0) is 29.1 Å². The highest BCUT2D eigenvalue weighted by Gasteiger charge is 2.49. The van der Waals surface area contributed by atoms with E-state index >= 15 is 8.78 Å². The van der Waals surface area contributed by atoms with Gasteiger partial charge in [0.25, 0.3) is 11.5 Å². The van der Waals surface area contributed by atoms with Crippen LogP contribution >= 0.6 is 11.6 Å². The van der Waals surface area contributed by atoms with Crippen molar-refractivity contribution in [1.82, 2.24) is 19.9 Å². The first-order valence-corrected chi connectivity index (χ1v) is 13.2. The third-order valence-corrected chi connectivity index (χ3v) is 7.87. The van der Waals surface area contributed by atoms with Gasteiger partial charge in [0.15, 0.2) is 0 Å². The first kappa shape index (κ1) is 25.4. The van der Waals surface area contributed by atoms with Gasteiger partial charge in [0.2, 0.25) is 0 Å². The van der Waals surface area contributed by atoms with Crippen LogP contribution in [0, 0.1) is 0 Å². The highest BCUT2D eigenvalue weighted by molar-refractivity contribution is 6.30. The van der Waals surface area contributed by atoms with Crippen molar-refractivity contribution in [2.45, 2.75) is 43.6 Å². The molecule has 3 heterocycles. The average Bonchev–Trinajstić information content (AvgIpc) is 3.78. The van der Waals surface area contributed by atoms with E-state index in [1.807, 2.05) is 42.7 Å². The van der Waals surface area contributed by atoms with Gasteiger partial charge in [-0.2, -0.15) is 8.78 Å². The third-order valence-electron chi connectivity index (χ3n) is 7.64. The number of H-pyrrole nitrogens is 1. The smallest absolute Gasteiger partial charge is 0.333 e. The molecule has 1 fully saturated rings. The molecule has 0 radical (unpaired) electrons. The molecule has 1 amide bonds. The van der Waals surface area contributed by atoms with Gasteiger partial charge in [-0.15, -0.1) is 0 Å². The van der Waals surface area contributed by atoms with E-state index in [9.17, 15) is 9.59 Å². The second kappa shape index (κ2) is 9.68. The van der Waals surface area contributed by atoms with Crippen molar-refractivity contribution in [2.24, 2.45) is 0 Å². The van der Waals surface area contributed by atoms with Gasteiger partial charge in [-0.05, 0) is 55.0 Å². The first-order valence-electron chi connectivity index (χ1n) is 12.8. The molecule has 1 aliphatic carbocycles. The summed E-state index contributed by atoms with van der Waals surface area (Å²) in [4.78, 5) is 39.6. The quantitative estimate of drug-likeness (QED) is 0.352. The number of aromatic nitrogens is 3. The number of hydrogen-bond acceptors (Lipinski definition) is 4. The van der Waals surface area contributed by atoms with Crippen molar-refractivity contribution in [1.29, 1.82) is 0 Å². The van der Waals surface area contributed by atoms with Crippen molar-refractivity contribution >= 4 is 17.5 Å². The van der Waals surface area contributed by atoms with Gasteiger partial charge in [-0.1, -0.05) is 54.1 Å². The zero-order valence-electron chi connectivity index (χ0n) is 21.0. The number of fused-ring (bicyclic) bond motifs is 1. The Balaban J connectivity index is 1.30. The largest absolute Gasteiger partial charge is 0.350 e. The molecule has 1 aliphatic heterocycles. The summed E-state index contributed by atoms with van der Waals surface area (Å²) >= 11 is 5.88. The molecule has 198 valence electrons. The van der Waals surface area contributed by atoms with Gasteiger partial charge in [0.05, 0.1) is 23.2 Å². The number of hydrogen-bond donors (Lipinski definition) is 1. The number of nitrogens with one attached hydrogen (secondary N) is 1. The van der Waals surface area contributed by atoms with E-state index in [0.29, 0.717) is 24.4 Å².